The van der Waals surface area contributed by atoms with Gasteiger partial charge in [0.2, 0.25) is 0 Å². The second-order valence-corrected chi connectivity index (χ2v) is 6.59. The molecule has 0 spiro atoms. The van der Waals surface area contributed by atoms with Crippen molar-refractivity contribution in [3.8, 4) is 5.75 Å². The molecule has 2 aliphatic carbocycles. The standard InChI is InChI=1S/C18H27NO2/c1-19-18-9-6-14-11-16(7-8-17(14)18)21-12-15(20)10-13-4-2-3-5-13/h7-8,11,13,15,18-20H,2-6,9-10,12H2,1H3. The van der Waals surface area contributed by atoms with Crippen LogP contribution in [0.5, 0.6) is 5.75 Å². The van der Waals surface area contributed by atoms with Gasteiger partial charge in [-0.05, 0) is 55.5 Å². The molecule has 0 amide bonds. The first-order valence-electron chi connectivity index (χ1n) is 8.37. The van der Waals surface area contributed by atoms with Crippen LogP contribution >= 0.6 is 0 Å². The normalized spacial score (nSPS) is 23.2. The van der Waals surface area contributed by atoms with Crippen LogP contribution in [0.1, 0.15) is 55.7 Å². The average Bonchev–Trinajstić information content (AvgIpc) is 3.13. The van der Waals surface area contributed by atoms with Gasteiger partial charge in [-0.1, -0.05) is 31.7 Å². The van der Waals surface area contributed by atoms with Gasteiger partial charge in [-0.2, -0.15) is 0 Å². The Balaban J connectivity index is 1.51. The van der Waals surface area contributed by atoms with E-state index in [2.05, 4.69) is 17.4 Å². The van der Waals surface area contributed by atoms with Crippen molar-refractivity contribution in [3.05, 3.63) is 29.3 Å². The van der Waals surface area contributed by atoms with Gasteiger partial charge in [0, 0.05) is 6.04 Å². The minimum absolute atomic E-state index is 0.327. The molecular formula is C18H27NO2. The van der Waals surface area contributed by atoms with Crippen LogP contribution in [0.15, 0.2) is 18.2 Å². The number of rotatable bonds is 6. The minimum atomic E-state index is -0.327. The first kappa shape index (κ1) is 14.9. The third-order valence-corrected chi connectivity index (χ3v) is 5.06. The van der Waals surface area contributed by atoms with Crippen molar-refractivity contribution in [3.63, 3.8) is 0 Å². The summed E-state index contributed by atoms with van der Waals surface area (Å²) in [7, 11) is 2.02. The number of aryl methyl sites for hydroxylation is 1. The summed E-state index contributed by atoms with van der Waals surface area (Å²) >= 11 is 0. The Morgan fingerprint density at radius 2 is 2.10 bits per heavy atom. The van der Waals surface area contributed by atoms with E-state index in [9.17, 15) is 5.11 Å². The van der Waals surface area contributed by atoms with Gasteiger partial charge in [0.15, 0.2) is 0 Å². The molecule has 21 heavy (non-hydrogen) atoms. The zero-order valence-corrected chi connectivity index (χ0v) is 13.0. The van der Waals surface area contributed by atoms with Gasteiger partial charge >= 0.3 is 0 Å². The van der Waals surface area contributed by atoms with Crippen LogP contribution in [0.2, 0.25) is 0 Å². The Labute approximate surface area is 127 Å². The SMILES string of the molecule is CNC1CCc2cc(OCC(O)CC3CCCC3)ccc21. The lowest BCUT2D eigenvalue weighted by molar-refractivity contribution is 0.0855. The Bertz CT molecular complexity index is 468. The third kappa shape index (κ3) is 3.58. The number of aliphatic hydroxyl groups is 1. The molecular weight excluding hydrogens is 262 g/mol. The summed E-state index contributed by atoms with van der Waals surface area (Å²) in [4.78, 5) is 0. The zero-order valence-electron chi connectivity index (χ0n) is 13.0. The van der Waals surface area contributed by atoms with Crippen LogP contribution in [0, 0.1) is 5.92 Å². The number of aliphatic hydroxyl groups excluding tert-OH is 1. The minimum Gasteiger partial charge on any atom is -0.491 e. The van der Waals surface area contributed by atoms with Crippen LogP contribution in [0.3, 0.4) is 0 Å². The van der Waals surface area contributed by atoms with Crippen LogP contribution in [0.25, 0.3) is 0 Å². The fraction of sp³-hybridized carbons (Fsp3) is 0.667. The van der Waals surface area contributed by atoms with Crippen molar-refractivity contribution in [2.75, 3.05) is 13.7 Å². The number of hydrogen-bond acceptors (Lipinski definition) is 3. The maximum Gasteiger partial charge on any atom is 0.119 e. The molecule has 0 saturated heterocycles. The third-order valence-electron chi connectivity index (χ3n) is 5.06. The molecule has 1 saturated carbocycles. The monoisotopic (exact) mass is 289 g/mol. The van der Waals surface area contributed by atoms with Gasteiger partial charge in [0.25, 0.3) is 0 Å². The van der Waals surface area contributed by atoms with Gasteiger partial charge in [0.05, 0.1) is 6.10 Å². The number of fused-ring (bicyclic) bond motifs is 1. The summed E-state index contributed by atoms with van der Waals surface area (Å²) in [6.45, 7) is 0.421. The lowest BCUT2D eigenvalue weighted by Crippen LogP contribution is -2.20. The summed E-state index contributed by atoms with van der Waals surface area (Å²) in [6, 6.07) is 6.84. The molecule has 0 bridgehead atoms. The number of nitrogens with one attached hydrogen (secondary N) is 1. The maximum absolute atomic E-state index is 10.1. The van der Waals surface area contributed by atoms with E-state index in [4.69, 9.17) is 4.74 Å². The van der Waals surface area contributed by atoms with Crippen molar-refractivity contribution in [1.82, 2.24) is 5.32 Å². The van der Waals surface area contributed by atoms with Crippen molar-refractivity contribution in [2.45, 2.75) is 57.1 Å². The zero-order chi connectivity index (χ0) is 14.7. The molecule has 2 N–H and O–H groups in total. The van der Waals surface area contributed by atoms with Crippen molar-refractivity contribution >= 4 is 0 Å². The molecule has 1 aromatic rings. The summed E-state index contributed by atoms with van der Waals surface area (Å²) < 4.78 is 5.80. The molecule has 3 nitrogen and oxygen atoms in total. The smallest absolute Gasteiger partial charge is 0.119 e. The first-order chi connectivity index (χ1) is 10.3. The second kappa shape index (κ2) is 6.80. The average molecular weight is 289 g/mol. The highest BCUT2D eigenvalue weighted by Gasteiger charge is 2.22. The van der Waals surface area contributed by atoms with Gasteiger partial charge < -0.3 is 15.2 Å². The summed E-state index contributed by atoms with van der Waals surface area (Å²) in [6.07, 6.45) is 8.06. The lowest BCUT2D eigenvalue weighted by Gasteiger charge is -2.17. The van der Waals surface area contributed by atoms with E-state index in [0.29, 0.717) is 18.6 Å². The van der Waals surface area contributed by atoms with Gasteiger partial charge in [-0.25, -0.2) is 0 Å². The summed E-state index contributed by atoms with van der Waals surface area (Å²) in [5.41, 5.74) is 2.79. The summed E-state index contributed by atoms with van der Waals surface area (Å²) in [5, 5.41) is 13.5. The Morgan fingerprint density at radius 1 is 1.29 bits per heavy atom. The van der Waals surface area contributed by atoms with Crippen molar-refractivity contribution in [1.29, 1.82) is 0 Å². The van der Waals surface area contributed by atoms with Crippen LogP contribution in [0.4, 0.5) is 0 Å². The lowest BCUT2D eigenvalue weighted by atomic mass is 10.0. The van der Waals surface area contributed by atoms with E-state index in [1.807, 2.05) is 13.1 Å². The molecule has 1 aromatic carbocycles. The maximum atomic E-state index is 10.1. The van der Waals surface area contributed by atoms with E-state index >= 15 is 0 Å². The van der Waals surface area contributed by atoms with E-state index in [1.165, 1.54) is 43.2 Å². The predicted octanol–water partition coefficient (Wildman–Crippen LogP) is 3.21. The van der Waals surface area contributed by atoms with Crippen LogP contribution in [-0.2, 0) is 6.42 Å². The Morgan fingerprint density at radius 3 is 2.86 bits per heavy atom. The number of hydrogen-bond donors (Lipinski definition) is 2. The van der Waals surface area contributed by atoms with E-state index < -0.39 is 0 Å². The molecule has 0 aromatic heterocycles. The van der Waals surface area contributed by atoms with Crippen molar-refractivity contribution < 1.29 is 9.84 Å². The molecule has 0 radical (unpaired) electrons. The number of ether oxygens (including phenoxy) is 1. The highest BCUT2D eigenvalue weighted by Crippen LogP contribution is 2.33. The van der Waals surface area contributed by atoms with E-state index in [0.717, 1.165) is 18.6 Å². The van der Waals surface area contributed by atoms with Crippen molar-refractivity contribution in [2.24, 2.45) is 5.92 Å². The van der Waals surface area contributed by atoms with Gasteiger partial charge in [-0.3, -0.25) is 0 Å². The molecule has 3 rings (SSSR count). The van der Waals surface area contributed by atoms with Gasteiger partial charge in [-0.15, -0.1) is 0 Å². The van der Waals surface area contributed by atoms with Gasteiger partial charge in [0.1, 0.15) is 12.4 Å². The van der Waals surface area contributed by atoms with Crippen LogP contribution in [-0.4, -0.2) is 24.9 Å². The van der Waals surface area contributed by atoms with E-state index in [1.54, 1.807) is 0 Å². The quantitative estimate of drug-likeness (QED) is 0.845. The Kier molecular flexibility index (Phi) is 4.81. The first-order valence-corrected chi connectivity index (χ1v) is 8.37. The molecule has 2 atom stereocenters. The Hall–Kier alpha value is -1.06. The molecule has 1 fully saturated rings. The molecule has 116 valence electrons. The highest BCUT2D eigenvalue weighted by atomic mass is 16.5. The fourth-order valence-electron chi connectivity index (χ4n) is 3.87. The van der Waals surface area contributed by atoms with E-state index in [-0.39, 0.29) is 6.10 Å². The molecule has 0 heterocycles. The molecule has 2 aliphatic rings. The predicted molar refractivity (Wildman–Crippen MR) is 84.6 cm³/mol. The topological polar surface area (TPSA) is 41.5 Å². The highest BCUT2D eigenvalue weighted by molar-refractivity contribution is 5.40. The molecule has 0 aliphatic heterocycles. The van der Waals surface area contributed by atoms with Crippen LogP contribution < -0.4 is 10.1 Å². The number of benzene rings is 1. The fourth-order valence-corrected chi connectivity index (χ4v) is 3.87. The second-order valence-electron chi connectivity index (χ2n) is 6.59. The molecule has 2 unspecified atom stereocenters. The largest absolute Gasteiger partial charge is 0.491 e. The summed E-state index contributed by atoms with van der Waals surface area (Å²) in [5.74, 6) is 1.61. The molecule has 3 heteroatoms.